The molecule has 0 fully saturated rings. The zero-order valence-electron chi connectivity index (χ0n) is 73.3. The summed E-state index contributed by atoms with van der Waals surface area (Å²) in [5.41, 5.74) is 17.5. The van der Waals surface area contributed by atoms with Gasteiger partial charge in [0.15, 0.2) is 0 Å². The van der Waals surface area contributed by atoms with Gasteiger partial charge in [0.25, 0.3) is 0 Å². The Morgan fingerprint density at radius 3 is 0.728 bits per heavy atom. The molecule has 0 spiro atoms. The third kappa shape index (κ3) is 17.8. The van der Waals surface area contributed by atoms with Crippen molar-refractivity contribution in [2.24, 2.45) is 0 Å². The van der Waals surface area contributed by atoms with E-state index >= 15 is 0 Å². The quantitative estimate of drug-likeness (QED) is 0.0811. The van der Waals surface area contributed by atoms with Gasteiger partial charge in [0.2, 0.25) is 0 Å². The number of imidazole rings is 8. The van der Waals surface area contributed by atoms with Gasteiger partial charge in [0.05, 0.1) is 57.8 Å². The van der Waals surface area contributed by atoms with Gasteiger partial charge in [-0.25, -0.2) is 0 Å². The number of aromatic nitrogens is 32. The average molecular weight is 2500 g/mol. The molecule has 24 aromatic rings. The summed E-state index contributed by atoms with van der Waals surface area (Å²) >= 11 is 0. The summed E-state index contributed by atoms with van der Waals surface area (Å²) in [7, 11) is 0. The summed E-state index contributed by atoms with van der Waals surface area (Å²) in [6, 6.07) is 78.5. The molecule has 0 bridgehead atoms. The van der Waals surface area contributed by atoms with Gasteiger partial charge in [-0.15, -0.1) is 0 Å². The van der Waals surface area contributed by atoms with Crippen molar-refractivity contribution < 1.29 is 84.3 Å². The monoisotopic (exact) mass is 2500 g/mol. The van der Waals surface area contributed by atoms with Gasteiger partial charge in [-0.05, 0) is 137 Å². The van der Waals surface area contributed by atoms with Crippen LogP contribution in [0.2, 0.25) is 0 Å². The van der Waals surface area contributed by atoms with Gasteiger partial charge >= 0.3 is 84.3 Å². The van der Waals surface area contributed by atoms with Crippen molar-refractivity contribution in [2.45, 2.75) is 77.0 Å². The second-order valence-electron chi connectivity index (χ2n) is 32.8. The molecule has 0 saturated carbocycles. The summed E-state index contributed by atoms with van der Waals surface area (Å²) < 4.78 is 14.4. The molecule has 0 amide bonds. The van der Waals surface area contributed by atoms with Crippen LogP contribution in [0.3, 0.4) is 0 Å². The molecule has 0 unspecified atom stereocenters. The minimum Gasteiger partial charge on any atom is -0.411 e. The second-order valence-corrected chi connectivity index (χ2v) is 32.8. The predicted octanol–water partition coefficient (Wildman–Crippen LogP) is 15.5. The van der Waals surface area contributed by atoms with Crippen LogP contribution < -0.4 is 0 Å². The van der Waals surface area contributed by atoms with Crippen molar-refractivity contribution in [2.75, 3.05) is 0 Å². The number of para-hydroxylation sites is 4. The van der Waals surface area contributed by atoms with Crippen molar-refractivity contribution in [1.29, 1.82) is 0 Å². The third-order valence-electron chi connectivity index (χ3n) is 22.9. The molecule has 0 N–H and O–H groups in total. The number of hydrogen-bond donors (Lipinski definition) is 0. The Morgan fingerprint density at radius 1 is 0.199 bits per heavy atom. The van der Waals surface area contributed by atoms with E-state index in [1.54, 1.807) is 55.4 Å². The molecule has 24 rings (SSSR count). The van der Waals surface area contributed by atoms with Crippen LogP contribution >= 0.6 is 0 Å². The molecule has 0 saturated heterocycles. The molecule has 672 valence electrons. The van der Waals surface area contributed by atoms with Crippen molar-refractivity contribution in [3.05, 3.63) is 389 Å². The number of nitrogens with zero attached hydrogens (tertiary/aromatic N) is 32. The van der Waals surface area contributed by atoms with Crippen LogP contribution in [0.4, 0.5) is 0 Å². The Bertz CT molecular complexity index is 6970. The van der Waals surface area contributed by atoms with E-state index in [4.69, 9.17) is 39.9 Å². The Labute approximate surface area is 834 Å². The van der Waals surface area contributed by atoms with E-state index in [-0.39, 0.29) is 84.3 Å². The maximum absolute atomic E-state index is 4.98. The number of benzene rings is 2. The normalized spacial score (nSPS) is 11.6. The van der Waals surface area contributed by atoms with Crippen LogP contribution in [0.15, 0.2) is 292 Å². The topological polar surface area (TPSA) is 349 Å². The summed E-state index contributed by atoms with van der Waals surface area (Å²) in [6.45, 7) is 16.9. The number of hydrogen-bond acceptors (Lipinski definition) is 24. The molecule has 0 aliphatic carbocycles. The predicted molar refractivity (Wildman–Crippen MR) is 492 cm³/mol. The van der Waals surface area contributed by atoms with Crippen LogP contribution in [0.25, 0.3) is 136 Å². The Kier molecular flexibility index (Phi) is 26.5. The van der Waals surface area contributed by atoms with Crippen molar-refractivity contribution >= 4 is 89.1 Å². The molecule has 32 nitrogen and oxygen atoms in total. The molecule has 0 radical (unpaired) electrons. The smallest absolute Gasteiger partial charge is 0.411 e. The van der Waals surface area contributed by atoms with Crippen molar-refractivity contribution in [3.63, 3.8) is 0 Å². The van der Waals surface area contributed by atoms with Crippen LogP contribution in [-0.4, -0.2) is 156 Å². The van der Waals surface area contributed by atoms with Gasteiger partial charge < -0.3 is 76.4 Å². The maximum atomic E-state index is 4.98. The molecule has 0 aliphatic heterocycles. The Hall–Kier alpha value is -15.1. The van der Waals surface area contributed by atoms with Gasteiger partial charge in [0.1, 0.15) is 12.7 Å². The van der Waals surface area contributed by atoms with E-state index in [0.29, 0.717) is 56.9 Å². The summed E-state index contributed by atoms with van der Waals surface area (Å²) in [6.07, 6.45) is 37.2. The summed E-state index contributed by atoms with van der Waals surface area (Å²) in [5.74, 6) is 5.76. The van der Waals surface area contributed by atoms with Crippen molar-refractivity contribution in [1.82, 2.24) is 156 Å². The fourth-order valence-corrected chi connectivity index (χ4v) is 15.5. The van der Waals surface area contributed by atoms with E-state index in [1.807, 2.05) is 261 Å². The summed E-state index contributed by atoms with van der Waals surface area (Å²) in [4.78, 5) is 108. The first-order valence-electron chi connectivity index (χ1n) is 42.0. The number of fused-ring (bicyclic) bond motifs is 8. The SMILES string of the molecule is CC(C)(c1cccc(-n2[c-]nc3ccccc32)n1)c1cccc(-n2[c-]nc3ccccc32)n1.CC(C)(c1cccc(-n2[c-]nc3cccnc32)n1)c1cccc(-n2[c-]nc3cccnc32)n1.CC(C)(c1cccc(-n2[c-]nc3cncnc32)n1)c1cccc(-n2[c-]nc3cncnc32)n1.CC(C)(c1cccc(-n2[c-]nc3ncccc32)n1)c1cccc(-n2[c-]nc3ncccc32)n1.[Pt+2].[Pt+2].[Pt+2].[Pt+2]. The van der Waals surface area contributed by atoms with Gasteiger partial charge in [0, 0.05) is 189 Å². The van der Waals surface area contributed by atoms with Gasteiger partial charge in [-0.2, -0.15) is 0 Å². The Balaban J connectivity index is 0.000000125. The fraction of sp³-hybridized carbons (Fsp3) is 0.120. The molecule has 22 aromatic heterocycles. The van der Waals surface area contributed by atoms with E-state index < -0.39 is 21.7 Å². The third-order valence-corrected chi connectivity index (χ3v) is 22.9. The first-order valence-corrected chi connectivity index (χ1v) is 42.0. The first-order chi connectivity index (χ1) is 64.4. The van der Waals surface area contributed by atoms with Gasteiger partial charge in [-0.1, -0.05) is 205 Å². The zero-order chi connectivity index (χ0) is 89.7. The largest absolute Gasteiger partial charge is 2.00 e. The van der Waals surface area contributed by atoms with E-state index in [9.17, 15) is 0 Å². The molecule has 0 aliphatic rings. The molecule has 22 heterocycles. The number of rotatable bonds is 16. The standard InChI is InChI=1S/C27H20N6.2C25H18N8.C23H16N10.4Pt/c1-27(2,23-13-7-15-25(30-23)32-17-28-19-9-3-5-11-21(19)32)24-14-8-16-26(31-24)33-18-29-20-10-4-6-12-22(20)33;1-25(2,19-9-3-11-21(30-19)32-15-28-23-17(32)7-5-13-26-23)20-10-4-12-22(31-20)33-16-29-24-18(33)8-6-14-27-24;1-25(2,19-9-3-11-21(30-19)32-15-28-17-7-5-13-26-23(17)32)20-10-4-12-22(31-20)33-16-29-18-8-6-14-27-24(18)33;1-23(2,17-5-3-7-19(30-17)32-13-28-15-9-24-11-26-21(15)32)18-6-4-8-20(31-18)33-14-29-16-10-25-12-27-22(16)33;;;;/h3-16H,1-2H3;2*3-14H,1-2H3;3-12H,1-2H3;;;;/q4*-2;4*+2. The van der Waals surface area contributed by atoms with E-state index in [2.05, 4.69) is 186 Å². The van der Waals surface area contributed by atoms with Crippen LogP contribution in [0.5, 0.6) is 0 Å². The molecular weight excluding hydrogens is 2430 g/mol. The zero-order valence-corrected chi connectivity index (χ0v) is 82.4. The van der Waals surface area contributed by atoms with E-state index in [0.717, 1.165) is 124 Å². The minimum atomic E-state index is -0.497. The van der Waals surface area contributed by atoms with E-state index in [1.165, 1.54) is 12.7 Å². The van der Waals surface area contributed by atoms with Crippen molar-refractivity contribution in [3.8, 4) is 46.5 Å². The molecule has 36 heteroatoms. The van der Waals surface area contributed by atoms with Gasteiger partial charge in [-0.3, -0.25) is 79.7 Å². The maximum Gasteiger partial charge on any atom is 2.00 e. The molecular formula is C100H72N32Pt4. The number of pyridine rings is 12. The van der Waals surface area contributed by atoms with Crippen LogP contribution in [0.1, 0.15) is 101 Å². The molecule has 2 aromatic carbocycles. The summed E-state index contributed by atoms with van der Waals surface area (Å²) in [5, 5.41) is 0. The second kappa shape index (κ2) is 38.9. The van der Waals surface area contributed by atoms with Crippen LogP contribution in [0, 0.1) is 50.6 Å². The minimum absolute atomic E-state index is 0. The average Bonchev–Trinajstić information content (AvgIpc) is 1.36. The first kappa shape index (κ1) is 92.8. The Morgan fingerprint density at radius 2 is 0.419 bits per heavy atom. The molecule has 0 atom stereocenters. The fourth-order valence-electron chi connectivity index (χ4n) is 15.5. The van der Waals surface area contributed by atoms with Crippen LogP contribution in [-0.2, 0) is 106 Å². The molecule has 136 heavy (non-hydrogen) atoms.